The van der Waals surface area contributed by atoms with Gasteiger partial charge in [-0.15, -0.1) is 0 Å². The topological polar surface area (TPSA) is 121 Å². The van der Waals surface area contributed by atoms with Crippen LogP contribution < -0.4 is 16.4 Å². The number of nitrogens with two attached hydrogens (primary N) is 1. The number of nitrogen functional groups attached to an aromatic ring is 1. The zero-order chi connectivity index (χ0) is 22.5. The summed E-state index contributed by atoms with van der Waals surface area (Å²) in [6, 6.07) is 15.6. The van der Waals surface area contributed by atoms with Crippen LogP contribution in [0.2, 0.25) is 5.02 Å². The Morgan fingerprint density at radius 2 is 1.84 bits per heavy atom. The van der Waals surface area contributed by atoms with Crippen LogP contribution in [0.4, 0.5) is 17.2 Å². The van der Waals surface area contributed by atoms with Crippen molar-refractivity contribution in [3.63, 3.8) is 0 Å². The summed E-state index contributed by atoms with van der Waals surface area (Å²) in [6.45, 7) is 3.56. The fraction of sp³-hybridized carbons (Fsp3) is 0.130. The number of rotatable bonds is 5. The number of carbonyl (C=O) groups is 2. The van der Waals surface area contributed by atoms with Crippen LogP contribution in [-0.4, -0.2) is 16.8 Å². The molecule has 7 nitrogen and oxygen atoms in total. The molecular formula is C23H20ClN5O2. The SMILES string of the molecule is Cc1ccc(NC(=O)c2cccc(C(C)C#N)c2)cc1C(=O)Nc1cnc(N)c(Cl)c1. The van der Waals surface area contributed by atoms with Gasteiger partial charge in [0, 0.05) is 16.8 Å². The lowest BCUT2D eigenvalue weighted by atomic mass is 10.00. The van der Waals surface area contributed by atoms with Crippen molar-refractivity contribution in [3.8, 4) is 6.07 Å². The predicted molar refractivity (Wildman–Crippen MR) is 121 cm³/mol. The largest absolute Gasteiger partial charge is 0.382 e. The van der Waals surface area contributed by atoms with Crippen molar-refractivity contribution in [1.29, 1.82) is 5.26 Å². The molecule has 3 aromatic rings. The van der Waals surface area contributed by atoms with Crippen molar-refractivity contribution in [1.82, 2.24) is 4.98 Å². The number of aryl methyl sites for hydroxylation is 1. The van der Waals surface area contributed by atoms with Crippen LogP contribution in [0.3, 0.4) is 0 Å². The molecule has 2 amide bonds. The fourth-order valence-corrected chi connectivity index (χ4v) is 3.05. The number of carbonyl (C=O) groups excluding carboxylic acids is 2. The standard InChI is InChI=1S/C23H20ClN5O2/c1-13-6-7-17(28-22(30)16-5-3-4-15(8-16)14(2)11-25)9-19(13)23(31)29-18-10-20(24)21(26)27-12-18/h3-10,12,14H,1-2H3,(H2,26,27)(H,28,30)(H,29,31). The highest BCUT2D eigenvalue weighted by Gasteiger charge is 2.14. The summed E-state index contributed by atoms with van der Waals surface area (Å²) in [7, 11) is 0. The maximum atomic E-state index is 12.7. The minimum Gasteiger partial charge on any atom is -0.382 e. The number of hydrogen-bond donors (Lipinski definition) is 3. The van der Waals surface area contributed by atoms with Crippen molar-refractivity contribution < 1.29 is 9.59 Å². The van der Waals surface area contributed by atoms with Crippen LogP contribution in [-0.2, 0) is 0 Å². The van der Waals surface area contributed by atoms with Gasteiger partial charge in [-0.2, -0.15) is 5.26 Å². The van der Waals surface area contributed by atoms with Gasteiger partial charge < -0.3 is 16.4 Å². The van der Waals surface area contributed by atoms with Gasteiger partial charge in [0.2, 0.25) is 0 Å². The smallest absolute Gasteiger partial charge is 0.256 e. The van der Waals surface area contributed by atoms with Crippen molar-refractivity contribution in [2.45, 2.75) is 19.8 Å². The number of nitriles is 1. The maximum Gasteiger partial charge on any atom is 0.256 e. The molecule has 156 valence electrons. The summed E-state index contributed by atoms with van der Waals surface area (Å²) in [6.07, 6.45) is 1.41. The van der Waals surface area contributed by atoms with Crippen LogP contribution in [0.1, 0.15) is 44.7 Å². The third kappa shape index (κ3) is 5.18. The monoisotopic (exact) mass is 433 g/mol. The third-order valence-corrected chi connectivity index (χ3v) is 5.01. The Hall–Kier alpha value is -3.89. The fourth-order valence-electron chi connectivity index (χ4n) is 2.89. The highest BCUT2D eigenvalue weighted by Crippen LogP contribution is 2.22. The van der Waals surface area contributed by atoms with Gasteiger partial charge in [-0.25, -0.2) is 4.98 Å². The summed E-state index contributed by atoms with van der Waals surface area (Å²) < 4.78 is 0. The van der Waals surface area contributed by atoms with Gasteiger partial charge in [0.25, 0.3) is 11.8 Å². The first-order valence-electron chi connectivity index (χ1n) is 9.42. The molecule has 1 atom stereocenters. The van der Waals surface area contributed by atoms with E-state index < -0.39 is 0 Å². The van der Waals surface area contributed by atoms with Gasteiger partial charge in [-0.05, 0) is 55.3 Å². The average molecular weight is 434 g/mol. The maximum absolute atomic E-state index is 12.7. The van der Waals surface area contributed by atoms with E-state index in [0.717, 1.165) is 11.1 Å². The molecule has 0 spiro atoms. The highest BCUT2D eigenvalue weighted by atomic mass is 35.5. The molecule has 0 fully saturated rings. The minimum atomic E-state index is -0.374. The molecule has 3 rings (SSSR count). The van der Waals surface area contributed by atoms with Gasteiger partial charge in [0.05, 0.1) is 28.9 Å². The van der Waals surface area contributed by atoms with Gasteiger partial charge in [-0.3, -0.25) is 9.59 Å². The van der Waals surface area contributed by atoms with Crippen LogP contribution in [0.25, 0.3) is 0 Å². The summed E-state index contributed by atoms with van der Waals surface area (Å²) in [5.74, 6) is -0.856. The molecule has 8 heteroatoms. The molecule has 0 saturated carbocycles. The molecule has 0 aliphatic heterocycles. The molecule has 2 aromatic carbocycles. The number of aromatic nitrogens is 1. The van der Waals surface area contributed by atoms with Gasteiger partial charge in [0.15, 0.2) is 0 Å². The summed E-state index contributed by atoms with van der Waals surface area (Å²) in [4.78, 5) is 29.3. The Kier molecular flexibility index (Phi) is 6.53. The van der Waals surface area contributed by atoms with Gasteiger partial charge in [0.1, 0.15) is 5.82 Å². The number of nitrogens with one attached hydrogen (secondary N) is 2. The first-order chi connectivity index (χ1) is 14.8. The number of pyridine rings is 1. The first-order valence-corrected chi connectivity index (χ1v) is 9.80. The number of halogens is 1. The number of anilines is 3. The Balaban J connectivity index is 1.79. The first kappa shape index (κ1) is 21.8. The summed E-state index contributed by atoms with van der Waals surface area (Å²) in [5.41, 5.74) is 8.76. The van der Waals surface area contributed by atoms with E-state index in [-0.39, 0.29) is 28.6 Å². The number of benzene rings is 2. The third-order valence-electron chi connectivity index (χ3n) is 4.71. The Morgan fingerprint density at radius 3 is 2.55 bits per heavy atom. The van der Waals surface area contributed by atoms with E-state index in [0.29, 0.717) is 22.5 Å². The van der Waals surface area contributed by atoms with E-state index in [4.69, 9.17) is 22.6 Å². The Labute approximate surface area is 184 Å². The average Bonchev–Trinajstić information content (AvgIpc) is 2.77. The summed E-state index contributed by atoms with van der Waals surface area (Å²) in [5, 5.41) is 14.8. The molecule has 4 N–H and O–H groups in total. The van der Waals surface area contributed by atoms with Crippen LogP contribution in [0.5, 0.6) is 0 Å². The quantitative estimate of drug-likeness (QED) is 0.535. The molecule has 0 radical (unpaired) electrons. The summed E-state index contributed by atoms with van der Waals surface area (Å²) >= 11 is 5.95. The van der Waals surface area contributed by atoms with Crippen molar-refractivity contribution in [2.75, 3.05) is 16.4 Å². The molecule has 0 aliphatic carbocycles. The number of nitrogens with zero attached hydrogens (tertiary/aromatic N) is 2. The van der Waals surface area contributed by atoms with Crippen LogP contribution in [0.15, 0.2) is 54.7 Å². The second-order valence-electron chi connectivity index (χ2n) is 7.01. The molecule has 0 aliphatic rings. The highest BCUT2D eigenvalue weighted by molar-refractivity contribution is 6.33. The lowest BCUT2D eigenvalue weighted by Gasteiger charge is -2.12. The molecule has 0 bridgehead atoms. The zero-order valence-corrected chi connectivity index (χ0v) is 17.7. The van der Waals surface area contributed by atoms with E-state index in [2.05, 4.69) is 21.7 Å². The molecular weight excluding hydrogens is 414 g/mol. The lowest BCUT2D eigenvalue weighted by Crippen LogP contribution is -2.16. The molecule has 0 saturated heterocycles. The zero-order valence-electron chi connectivity index (χ0n) is 16.9. The second-order valence-corrected chi connectivity index (χ2v) is 7.41. The lowest BCUT2D eigenvalue weighted by molar-refractivity contribution is 0.101. The second kappa shape index (κ2) is 9.28. The van der Waals surface area contributed by atoms with Gasteiger partial charge >= 0.3 is 0 Å². The van der Waals surface area contributed by atoms with Crippen molar-refractivity contribution in [3.05, 3.63) is 82.0 Å². The number of hydrogen-bond acceptors (Lipinski definition) is 5. The molecule has 1 unspecified atom stereocenters. The van der Waals surface area contributed by atoms with Crippen LogP contribution >= 0.6 is 11.6 Å². The molecule has 1 heterocycles. The molecule has 31 heavy (non-hydrogen) atoms. The van der Waals surface area contributed by atoms with Crippen molar-refractivity contribution in [2.24, 2.45) is 0 Å². The minimum absolute atomic E-state index is 0.175. The van der Waals surface area contributed by atoms with Crippen molar-refractivity contribution >= 4 is 40.6 Å². The van der Waals surface area contributed by atoms with Gasteiger partial charge in [-0.1, -0.05) is 29.8 Å². The number of amides is 2. The Morgan fingerprint density at radius 1 is 1.10 bits per heavy atom. The van der Waals surface area contributed by atoms with E-state index in [1.165, 1.54) is 12.3 Å². The van der Waals surface area contributed by atoms with E-state index in [1.54, 1.807) is 56.3 Å². The molecule has 1 aromatic heterocycles. The van der Waals surface area contributed by atoms with E-state index in [1.807, 2.05) is 0 Å². The normalized spacial score (nSPS) is 11.3. The Bertz CT molecular complexity index is 1200. The predicted octanol–water partition coefficient (Wildman–Crippen LogP) is 4.76. The van der Waals surface area contributed by atoms with E-state index in [9.17, 15) is 9.59 Å². The van der Waals surface area contributed by atoms with E-state index >= 15 is 0 Å². The van der Waals surface area contributed by atoms with Crippen LogP contribution in [0, 0.1) is 18.3 Å².